The molecule has 3 rings (SSSR count). The van der Waals surface area contributed by atoms with E-state index in [1.807, 2.05) is 48.5 Å². The molecular weight excluding hydrogens is 376 g/mol. The molecule has 28 heavy (non-hydrogen) atoms. The average molecular weight is 397 g/mol. The number of carbonyl (C=O) groups is 1. The van der Waals surface area contributed by atoms with Crippen LogP contribution in [0.25, 0.3) is 0 Å². The zero-order valence-electron chi connectivity index (χ0n) is 15.3. The monoisotopic (exact) mass is 396 g/mol. The van der Waals surface area contributed by atoms with E-state index < -0.39 is 0 Å². The van der Waals surface area contributed by atoms with Crippen LogP contribution >= 0.6 is 11.6 Å². The second-order valence-corrected chi connectivity index (χ2v) is 6.70. The van der Waals surface area contributed by atoms with E-state index in [1.165, 1.54) is 10.6 Å². The third kappa shape index (κ3) is 5.72. The second kappa shape index (κ2) is 9.76. The normalized spacial score (nSPS) is 10.5. The molecular formula is C22H21ClN2O3. The number of carbonyl (C=O) groups excluding carboxylic acids is 1. The Bertz CT molecular complexity index is 986. The van der Waals surface area contributed by atoms with Crippen LogP contribution in [0.15, 0.2) is 77.7 Å². The van der Waals surface area contributed by atoms with Gasteiger partial charge in [0, 0.05) is 23.7 Å². The molecule has 5 nitrogen and oxygen atoms in total. The molecule has 3 aromatic rings. The lowest BCUT2D eigenvalue weighted by molar-refractivity contribution is -0.116. The first-order chi connectivity index (χ1) is 13.6. The van der Waals surface area contributed by atoms with E-state index in [0.29, 0.717) is 36.7 Å². The van der Waals surface area contributed by atoms with Gasteiger partial charge in [0.1, 0.15) is 5.75 Å². The molecule has 2 aromatic carbocycles. The Morgan fingerprint density at radius 3 is 2.54 bits per heavy atom. The highest BCUT2D eigenvalue weighted by Crippen LogP contribution is 2.16. The second-order valence-electron chi connectivity index (χ2n) is 6.29. The van der Waals surface area contributed by atoms with Crippen molar-refractivity contribution in [1.82, 2.24) is 4.57 Å². The quantitative estimate of drug-likeness (QED) is 0.576. The Balaban J connectivity index is 1.53. The van der Waals surface area contributed by atoms with Crippen molar-refractivity contribution < 1.29 is 9.53 Å². The van der Waals surface area contributed by atoms with Crippen LogP contribution in [0.5, 0.6) is 5.75 Å². The van der Waals surface area contributed by atoms with Gasteiger partial charge in [0.15, 0.2) is 0 Å². The number of amides is 1. The molecule has 0 bridgehead atoms. The van der Waals surface area contributed by atoms with Gasteiger partial charge in [-0.2, -0.15) is 0 Å². The van der Waals surface area contributed by atoms with Gasteiger partial charge in [-0.1, -0.05) is 48.0 Å². The van der Waals surface area contributed by atoms with Gasteiger partial charge in [-0.25, -0.2) is 0 Å². The number of nitrogens with one attached hydrogen (secondary N) is 1. The molecule has 0 saturated carbocycles. The number of hydrogen-bond donors (Lipinski definition) is 1. The third-order valence-corrected chi connectivity index (χ3v) is 4.49. The van der Waals surface area contributed by atoms with Crippen molar-refractivity contribution in [3.63, 3.8) is 0 Å². The van der Waals surface area contributed by atoms with Crippen molar-refractivity contribution in [3.8, 4) is 5.75 Å². The average Bonchev–Trinajstić information content (AvgIpc) is 2.70. The summed E-state index contributed by atoms with van der Waals surface area (Å²) in [6, 6.07) is 19.9. The zero-order valence-corrected chi connectivity index (χ0v) is 16.1. The number of rotatable bonds is 8. The number of pyridine rings is 1. The fourth-order valence-electron chi connectivity index (χ4n) is 2.70. The third-order valence-electron chi connectivity index (χ3n) is 4.13. The number of aromatic nitrogens is 1. The van der Waals surface area contributed by atoms with Crippen molar-refractivity contribution in [1.29, 1.82) is 0 Å². The number of hydrogen-bond acceptors (Lipinski definition) is 3. The summed E-state index contributed by atoms with van der Waals surface area (Å²) in [5, 5.41) is 3.42. The van der Waals surface area contributed by atoms with Crippen LogP contribution in [0.4, 0.5) is 5.69 Å². The smallest absolute Gasteiger partial charge is 0.250 e. The molecule has 0 fully saturated rings. The summed E-state index contributed by atoms with van der Waals surface area (Å²) in [7, 11) is 0. The maximum Gasteiger partial charge on any atom is 0.250 e. The van der Waals surface area contributed by atoms with Crippen LogP contribution in [-0.2, 0) is 11.3 Å². The van der Waals surface area contributed by atoms with E-state index in [2.05, 4.69) is 5.32 Å². The van der Waals surface area contributed by atoms with Gasteiger partial charge in [-0.15, -0.1) is 0 Å². The molecule has 1 aromatic heterocycles. The van der Waals surface area contributed by atoms with Gasteiger partial charge >= 0.3 is 0 Å². The van der Waals surface area contributed by atoms with E-state index >= 15 is 0 Å². The Morgan fingerprint density at radius 2 is 1.75 bits per heavy atom. The maximum absolute atomic E-state index is 12.2. The van der Waals surface area contributed by atoms with Crippen molar-refractivity contribution >= 4 is 23.2 Å². The molecule has 0 spiro atoms. The maximum atomic E-state index is 12.2. The van der Waals surface area contributed by atoms with Gasteiger partial charge in [0.2, 0.25) is 5.91 Å². The number of nitrogens with zero attached hydrogens (tertiary/aromatic N) is 1. The van der Waals surface area contributed by atoms with Gasteiger partial charge in [0.25, 0.3) is 5.56 Å². The summed E-state index contributed by atoms with van der Waals surface area (Å²) in [5.74, 6) is 0.661. The number of anilines is 1. The van der Waals surface area contributed by atoms with Gasteiger partial charge in [-0.3, -0.25) is 9.59 Å². The van der Waals surface area contributed by atoms with Gasteiger partial charge in [0.05, 0.1) is 18.8 Å². The molecule has 0 aliphatic carbocycles. The predicted molar refractivity (Wildman–Crippen MR) is 111 cm³/mol. The molecule has 1 amide bonds. The Kier molecular flexibility index (Phi) is 6.87. The number of benzene rings is 2. The van der Waals surface area contributed by atoms with Gasteiger partial charge in [-0.05, 0) is 36.2 Å². The summed E-state index contributed by atoms with van der Waals surface area (Å²) in [6.45, 7) is 0.802. The topological polar surface area (TPSA) is 60.3 Å². The summed E-state index contributed by atoms with van der Waals surface area (Å²) in [5.41, 5.74) is 1.25. The van der Waals surface area contributed by atoms with Crippen molar-refractivity contribution in [2.45, 2.75) is 19.4 Å². The lowest BCUT2D eigenvalue weighted by Crippen LogP contribution is -2.21. The molecule has 0 aliphatic rings. The number of halogens is 1. The van der Waals surface area contributed by atoms with Crippen molar-refractivity contribution in [3.05, 3.63) is 93.9 Å². The molecule has 0 radical (unpaired) electrons. The SMILES string of the molecule is O=C(CCCOc1ccccc1)Nc1ccc(=O)n(Cc2ccccc2Cl)c1. The predicted octanol–water partition coefficient (Wildman–Crippen LogP) is 4.35. The van der Waals surface area contributed by atoms with Crippen LogP contribution in [0.2, 0.25) is 5.02 Å². The highest BCUT2D eigenvalue weighted by molar-refractivity contribution is 6.31. The minimum Gasteiger partial charge on any atom is -0.494 e. The zero-order chi connectivity index (χ0) is 19.8. The summed E-state index contributed by atoms with van der Waals surface area (Å²) in [4.78, 5) is 24.3. The number of para-hydroxylation sites is 1. The van der Waals surface area contributed by atoms with E-state index in [1.54, 1.807) is 18.3 Å². The molecule has 1 N–H and O–H groups in total. The minimum atomic E-state index is -0.158. The van der Waals surface area contributed by atoms with Crippen LogP contribution in [-0.4, -0.2) is 17.1 Å². The highest BCUT2D eigenvalue weighted by Gasteiger charge is 2.06. The van der Waals surface area contributed by atoms with E-state index in [9.17, 15) is 9.59 Å². The van der Waals surface area contributed by atoms with Crippen molar-refractivity contribution in [2.24, 2.45) is 0 Å². The largest absolute Gasteiger partial charge is 0.494 e. The lowest BCUT2D eigenvalue weighted by Gasteiger charge is -2.11. The van der Waals surface area contributed by atoms with E-state index in [-0.39, 0.29) is 11.5 Å². The Labute approximate surface area is 168 Å². The Morgan fingerprint density at radius 1 is 1.00 bits per heavy atom. The van der Waals surface area contributed by atoms with Crippen LogP contribution in [0, 0.1) is 0 Å². The Hall–Kier alpha value is -3.05. The first kappa shape index (κ1) is 19.7. The molecule has 6 heteroatoms. The van der Waals surface area contributed by atoms with Crippen LogP contribution < -0.4 is 15.6 Å². The summed E-state index contributed by atoms with van der Waals surface area (Å²) >= 11 is 6.17. The first-order valence-corrected chi connectivity index (χ1v) is 9.41. The highest BCUT2D eigenvalue weighted by atomic mass is 35.5. The van der Waals surface area contributed by atoms with Crippen LogP contribution in [0.3, 0.4) is 0 Å². The number of ether oxygens (including phenoxy) is 1. The minimum absolute atomic E-state index is 0.125. The fourth-order valence-corrected chi connectivity index (χ4v) is 2.90. The lowest BCUT2D eigenvalue weighted by atomic mass is 10.2. The summed E-state index contributed by atoms with van der Waals surface area (Å²) < 4.78 is 7.10. The van der Waals surface area contributed by atoms with Crippen LogP contribution in [0.1, 0.15) is 18.4 Å². The summed E-state index contributed by atoms with van der Waals surface area (Å²) in [6.07, 6.45) is 2.56. The molecule has 1 heterocycles. The van der Waals surface area contributed by atoms with E-state index in [4.69, 9.17) is 16.3 Å². The van der Waals surface area contributed by atoms with Crippen molar-refractivity contribution in [2.75, 3.05) is 11.9 Å². The molecule has 0 saturated heterocycles. The van der Waals surface area contributed by atoms with Gasteiger partial charge < -0.3 is 14.6 Å². The first-order valence-electron chi connectivity index (χ1n) is 9.03. The molecule has 0 aliphatic heterocycles. The fraction of sp³-hybridized carbons (Fsp3) is 0.182. The molecule has 0 unspecified atom stereocenters. The molecule has 0 atom stereocenters. The standard InChI is InChI=1S/C22H21ClN2O3/c23-20-10-5-4-7-17(20)15-25-16-18(12-13-22(25)27)24-21(26)11-6-14-28-19-8-2-1-3-9-19/h1-5,7-10,12-13,16H,6,11,14-15H2,(H,24,26). The van der Waals surface area contributed by atoms with E-state index in [0.717, 1.165) is 11.3 Å². The molecule has 144 valence electrons.